The van der Waals surface area contributed by atoms with E-state index in [9.17, 15) is 8.42 Å². The van der Waals surface area contributed by atoms with Gasteiger partial charge in [-0.15, -0.1) is 0 Å². The maximum Gasteiger partial charge on any atom is 0.238 e. The van der Waals surface area contributed by atoms with Crippen LogP contribution in [-0.4, -0.2) is 26.4 Å². The topological polar surface area (TPSA) is 95.4 Å². The van der Waals surface area contributed by atoms with Crippen molar-refractivity contribution in [1.29, 1.82) is 0 Å². The molecule has 14 heavy (non-hydrogen) atoms. The fraction of sp³-hybridized carbons (Fsp3) is 1.00. The van der Waals surface area contributed by atoms with Gasteiger partial charge in [-0.25, -0.2) is 8.42 Å². The molecule has 2 aliphatic rings. The van der Waals surface area contributed by atoms with E-state index in [1.54, 1.807) is 0 Å². The van der Waals surface area contributed by atoms with Crippen molar-refractivity contribution in [3.05, 3.63) is 10.4 Å². The fourth-order valence-electron chi connectivity index (χ4n) is 2.03. The summed E-state index contributed by atoms with van der Waals surface area (Å²) in [4.78, 5) is 2.34. The second-order valence-electron chi connectivity index (χ2n) is 3.75. The zero-order chi connectivity index (χ0) is 10.2. The van der Waals surface area contributed by atoms with Crippen molar-refractivity contribution < 1.29 is 13.2 Å². The number of ether oxygens (including phenoxy) is 1. The van der Waals surface area contributed by atoms with Crippen molar-refractivity contribution in [3.8, 4) is 0 Å². The van der Waals surface area contributed by atoms with Gasteiger partial charge in [-0.1, -0.05) is 0 Å². The second kappa shape index (κ2) is 3.42. The molecule has 0 aromatic heterocycles. The van der Waals surface area contributed by atoms with Crippen molar-refractivity contribution in [2.75, 3.05) is 6.61 Å². The average Bonchev–Trinajstić information content (AvgIpc) is 2.83. The van der Waals surface area contributed by atoms with Crippen LogP contribution < -0.4 is 0 Å². The lowest BCUT2D eigenvalue weighted by molar-refractivity contribution is 0.332. The molecule has 0 N–H and O–H groups in total. The molecule has 6 nitrogen and oxygen atoms in total. The minimum absolute atomic E-state index is 0.251. The van der Waals surface area contributed by atoms with Gasteiger partial charge >= 0.3 is 0 Å². The maximum atomic E-state index is 11.4. The van der Waals surface area contributed by atoms with Gasteiger partial charge in [0, 0.05) is 9.43 Å². The van der Waals surface area contributed by atoms with Crippen LogP contribution in [0.25, 0.3) is 10.4 Å². The highest BCUT2D eigenvalue weighted by Gasteiger charge is 2.41. The number of sulfonamides is 1. The zero-order valence-corrected chi connectivity index (χ0v) is 8.35. The molecular weight excluding hydrogens is 206 g/mol. The number of hydrogen-bond donors (Lipinski definition) is 0. The van der Waals surface area contributed by atoms with Crippen LogP contribution in [0.1, 0.15) is 19.3 Å². The van der Waals surface area contributed by atoms with E-state index in [-0.39, 0.29) is 6.10 Å². The van der Waals surface area contributed by atoms with Crippen LogP contribution in [0.3, 0.4) is 0 Å². The van der Waals surface area contributed by atoms with Crippen LogP contribution in [0.4, 0.5) is 0 Å². The lowest BCUT2D eigenvalue weighted by Gasteiger charge is -2.06. The molecule has 2 rings (SSSR count). The third kappa shape index (κ3) is 1.84. The van der Waals surface area contributed by atoms with E-state index in [1.165, 1.54) is 0 Å². The fourth-order valence-corrected chi connectivity index (χ4v) is 3.19. The van der Waals surface area contributed by atoms with Gasteiger partial charge in [0.2, 0.25) is 10.0 Å². The predicted octanol–water partition coefficient (Wildman–Crippen LogP) is 1.19. The lowest BCUT2D eigenvalue weighted by atomic mass is 10.1. The summed E-state index contributed by atoms with van der Waals surface area (Å²) in [7, 11) is -3.60. The first-order valence-electron chi connectivity index (χ1n) is 4.55. The zero-order valence-electron chi connectivity index (χ0n) is 7.54. The number of nitrogens with zero attached hydrogens (tertiary/aromatic N) is 3. The molecule has 7 heteroatoms. The van der Waals surface area contributed by atoms with Crippen LogP contribution in [-0.2, 0) is 14.8 Å². The van der Waals surface area contributed by atoms with E-state index < -0.39 is 15.3 Å². The first-order valence-corrected chi connectivity index (χ1v) is 6.05. The molecule has 1 saturated carbocycles. The highest BCUT2D eigenvalue weighted by Crippen LogP contribution is 2.38. The SMILES string of the molecule is [N-]=[N+]=NS(=O)(=O)C1CCC(C2CO2)C1. The average molecular weight is 217 g/mol. The molecule has 3 unspecified atom stereocenters. The Labute approximate surface area is 81.9 Å². The third-order valence-corrected chi connectivity index (χ3v) is 4.45. The monoisotopic (exact) mass is 217 g/mol. The molecule has 2 fully saturated rings. The standard InChI is InChI=1S/C7H11N3O3S/c8-9-10-14(11,12)6-2-1-5(3-6)7-4-13-7/h5-7H,1-4H2. The molecular formula is C7H11N3O3S. The number of rotatable bonds is 3. The molecule has 78 valence electrons. The quantitative estimate of drug-likeness (QED) is 0.307. The molecule has 0 amide bonds. The van der Waals surface area contributed by atoms with E-state index in [0.29, 0.717) is 18.8 Å². The van der Waals surface area contributed by atoms with Gasteiger partial charge in [-0.2, -0.15) is 0 Å². The largest absolute Gasteiger partial charge is 0.373 e. The summed E-state index contributed by atoms with van der Waals surface area (Å²) in [5, 5.41) is -0.493. The van der Waals surface area contributed by atoms with Crippen LogP contribution >= 0.6 is 0 Å². The first kappa shape index (κ1) is 9.76. The van der Waals surface area contributed by atoms with Gasteiger partial charge in [-0.3, -0.25) is 0 Å². The molecule has 0 aromatic rings. The summed E-state index contributed by atoms with van der Waals surface area (Å²) in [5.41, 5.74) is 8.10. The number of azide groups is 1. The van der Waals surface area contributed by atoms with Crippen LogP contribution in [0.2, 0.25) is 0 Å². The van der Waals surface area contributed by atoms with Gasteiger partial charge in [0.25, 0.3) is 0 Å². The van der Waals surface area contributed by atoms with Gasteiger partial charge < -0.3 is 4.74 Å². The van der Waals surface area contributed by atoms with E-state index in [4.69, 9.17) is 10.3 Å². The number of hydrogen-bond acceptors (Lipinski definition) is 3. The molecule has 0 bridgehead atoms. The van der Waals surface area contributed by atoms with Crippen molar-refractivity contribution in [2.45, 2.75) is 30.6 Å². The van der Waals surface area contributed by atoms with E-state index in [2.05, 4.69) is 9.43 Å². The Morgan fingerprint density at radius 3 is 2.71 bits per heavy atom. The molecule has 3 atom stereocenters. The van der Waals surface area contributed by atoms with Crippen molar-refractivity contribution in [1.82, 2.24) is 0 Å². The van der Waals surface area contributed by atoms with Crippen LogP contribution in [0.5, 0.6) is 0 Å². The summed E-state index contributed by atoms with van der Waals surface area (Å²) in [5.74, 6) is 0.337. The Hall–Kier alpha value is -0.780. The van der Waals surface area contributed by atoms with Crippen molar-refractivity contribution >= 4 is 10.0 Å². The smallest absolute Gasteiger partial charge is 0.238 e. The Balaban J connectivity index is 2.03. The highest BCUT2D eigenvalue weighted by molar-refractivity contribution is 7.90. The molecule has 1 heterocycles. The Kier molecular flexibility index (Phi) is 2.38. The molecule has 1 aliphatic carbocycles. The summed E-state index contributed by atoms with van der Waals surface area (Å²) in [6.45, 7) is 0.749. The molecule has 1 saturated heterocycles. The normalized spacial score (nSPS) is 36.4. The first-order chi connectivity index (χ1) is 6.63. The maximum absolute atomic E-state index is 11.4. The molecule has 0 radical (unpaired) electrons. The molecule has 1 aliphatic heterocycles. The Morgan fingerprint density at radius 2 is 2.14 bits per heavy atom. The second-order valence-corrected chi connectivity index (χ2v) is 5.61. The van der Waals surface area contributed by atoms with Crippen LogP contribution in [0.15, 0.2) is 4.52 Å². The molecule has 0 spiro atoms. The van der Waals surface area contributed by atoms with Crippen molar-refractivity contribution in [3.63, 3.8) is 0 Å². The minimum atomic E-state index is -3.60. The van der Waals surface area contributed by atoms with Gasteiger partial charge in [-0.05, 0) is 30.7 Å². The van der Waals surface area contributed by atoms with E-state index >= 15 is 0 Å². The minimum Gasteiger partial charge on any atom is -0.373 e. The number of epoxide rings is 1. The summed E-state index contributed by atoms with van der Waals surface area (Å²) in [6.07, 6.45) is 2.27. The van der Waals surface area contributed by atoms with Gasteiger partial charge in [0.05, 0.1) is 18.0 Å². The summed E-state index contributed by atoms with van der Waals surface area (Å²) in [6, 6.07) is 0. The summed E-state index contributed by atoms with van der Waals surface area (Å²) >= 11 is 0. The van der Waals surface area contributed by atoms with E-state index in [0.717, 1.165) is 13.0 Å². The van der Waals surface area contributed by atoms with Gasteiger partial charge in [0.15, 0.2) is 0 Å². The lowest BCUT2D eigenvalue weighted by Crippen LogP contribution is -2.16. The third-order valence-electron chi connectivity index (χ3n) is 2.88. The Bertz CT molecular complexity index is 370. The highest BCUT2D eigenvalue weighted by atomic mass is 32.2. The van der Waals surface area contributed by atoms with Gasteiger partial charge in [0.1, 0.15) is 0 Å². The summed E-state index contributed by atoms with van der Waals surface area (Å²) < 4.78 is 30.7. The van der Waals surface area contributed by atoms with Crippen LogP contribution in [0, 0.1) is 5.92 Å². The molecule has 0 aromatic carbocycles. The Morgan fingerprint density at radius 1 is 1.43 bits per heavy atom. The van der Waals surface area contributed by atoms with E-state index in [1.807, 2.05) is 0 Å². The van der Waals surface area contributed by atoms with Crippen molar-refractivity contribution in [2.24, 2.45) is 10.4 Å². The predicted molar refractivity (Wildman–Crippen MR) is 48.9 cm³/mol.